The van der Waals surface area contributed by atoms with Crippen LogP contribution in [0.25, 0.3) is 0 Å². The Balaban J connectivity index is 3.26. The van der Waals surface area contributed by atoms with Crippen LogP contribution < -0.4 is 0 Å². The fourth-order valence-electron chi connectivity index (χ4n) is 0.824. The van der Waals surface area contributed by atoms with Crippen LogP contribution in [0, 0.1) is 18.3 Å². The zero-order valence-electron chi connectivity index (χ0n) is 5.87. The van der Waals surface area contributed by atoms with Crippen LogP contribution in [-0.4, -0.2) is 5.78 Å². The first-order valence-corrected chi connectivity index (χ1v) is 3.11. The van der Waals surface area contributed by atoms with Gasteiger partial charge in [0, 0.05) is 12.5 Å². The number of hydrogen-bond acceptors (Lipinski definition) is 2. The highest BCUT2D eigenvalue weighted by molar-refractivity contribution is 6.01. The average Bonchev–Trinajstić information content (AvgIpc) is 2.04. The second-order valence-corrected chi connectivity index (χ2v) is 2.08. The summed E-state index contributed by atoms with van der Waals surface area (Å²) >= 11 is 0. The minimum Gasteiger partial charge on any atom is -0.294 e. The SMILES string of the molecule is [CH2]C(=O)c1ccccc1C#N. The van der Waals surface area contributed by atoms with E-state index in [4.69, 9.17) is 5.26 Å². The van der Waals surface area contributed by atoms with Crippen molar-refractivity contribution in [3.63, 3.8) is 0 Å². The number of benzene rings is 1. The van der Waals surface area contributed by atoms with Gasteiger partial charge in [-0.1, -0.05) is 18.2 Å². The van der Waals surface area contributed by atoms with Crippen LogP contribution in [-0.2, 0) is 0 Å². The normalized spacial score (nSPS) is 8.73. The van der Waals surface area contributed by atoms with Crippen LogP contribution >= 0.6 is 0 Å². The molecule has 1 aromatic carbocycles. The number of carbonyl (C=O) groups is 1. The van der Waals surface area contributed by atoms with E-state index in [2.05, 4.69) is 6.92 Å². The van der Waals surface area contributed by atoms with E-state index in [1.54, 1.807) is 24.3 Å². The quantitative estimate of drug-likeness (QED) is 0.561. The van der Waals surface area contributed by atoms with E-state index in [0.29, 0.717) is 11.1 Å². The number of hydrogen-bond donors (Lipinski definition) is 0. The maximum Gasteiger partial charge on any atom is 0.164 e. The van der Waals surface area contributed by atoms with E-state index >= 15 is 0 Å². The number of Topliss-reactive ketones (excluding diaryl/α,β-unsaturated/α-hetero) is 1. The molecule has 0 aliphatic rings. The molecule has 11 heavy (non-hydrogen) atoms. The Morgan fingerprint density at radius 2 is 2.09 bits per heavy atom. The largest absolute Gasteiger partial charge is 0.294 e. The molecule has 1 rings (SSSR count). The Labute approximate surface area is 65.1 Å². The number of nitrogens with zero attached hydrogens (tertiary/aromatic N) is 1. The minimum atomic E-state index is -0.317. The molecule has 0 aliphatic heterocycles. The highest BCUT2D eigenvalue weighted by Gasteiger charge is 2.03. The lowest BCUT2D eigenvalue weighted by Gasteiger charge is -1.95. The number of carbonyl (C=O) groups excluding carboxylic acids is 1. The first-order chi connectivity index (χ1) is 5.25. The van der Waals surface area contributed by atoms with Gasteiger partial charge >= 0.3 is 0 Å². The molecule has 0 saturated heterocycles. The van der Waals surface area contributed by atoms with Crippen molar-refractivity contribution in [2.45, 2.75) is 0 Å². The van der Waals surface area contributed by atoms with Gasteiger partial charge in [0.1, 0.15) is 0 Å². The van der Waals surface area contributed by atoms with E-state index in [1.165, 1.54) is 0 Å². The third kappa shape index (κ3) is 1.44. The molecule has 0 atom stereocenters. The molecule has 53 valence electrons. The highest BCUT2D eigenvalue weighted by atomic mass is 16.1. The van der Waals surface area contributed by atoms with Gasteiger partial charge in [-0.25, -0.2) is 0 Å². The van der Waals surface area contributed by atoms with Gasteiger partial charge in [0.05, 0.1) is 11.6 Å². The molecule has 0 N–H and O–H groups in total. The molecule has 0 spiro atoms. The molecule has 0 fully saturated rings. The van der Waals surface area contributed by atoms with Gasteiger partial charge in [-0.3, -0.25) is 4.79 Å². The first-order valence-electron chi connectivity index (χ1n) is 3.11. The summed E-state index contributed by atoms with van der Waals surface area (Å²) in [6.07, 6.45) is 0. The lowest BCUT2D eigenvalue weighted by atomic mass is 10.1. The van der Waals surface area contributed by atoms with Gasteiger partial charge in [-0.2, -0.15) is 5.26 Å². The van der Waals surface area contributed by atoms with E-state index in [1.807, 2.05) is 6.07 Å². The summed E-state index contributed by atoms with van der Waals surface area (Å²) in [5, 5.41) is 8.54. The van der Waals surface area contributed by atoms with E-state index in [9.17, 15) is 4.79 Å². The second-order valence-electron chi connectivity index (χ2n) is 2.08. The summed E-state index contributed by atoms with van der Waals surface area (Å²) in [5.41, 5.74) is 0.766. The molecule has 2 nitrogen and oxygen atoms in total. The topological polar surface area (TPSA) is 40.9 Å². The Morgan fingerprint density at radius 1 is 1.45 bits per heavy atom. The summed E-state index contributed by atoms with van der Waals surface area (Å²) in [5.74, 6) is -0.317. The lowest BCUT2D eigenvalue weighted by molar-refractivity contribution is 0.104. The first kappa shape index (κ1) is 7.49. The molecule has 2 heteroatoms. The van der Waals surface area contributed by atoms with Gasteiger partial charge in [0.15, 0.2) is 5.78 Å². The van der Waals surface area contributed by atoms with Crippen molar-refractivity contribution in [2.24, 2.45) is 0 Å². The number of rotatable bonds is 1. The van der Waals surface area contributed by atoms with Crippen LogP contribution in [0.15, 0.2) is 24.3 Å². The van der Waals surface area contributed by atoms with E-state index in [-0.39, 0.29) is 5.78 Å². The molecule has 1 radical (unpaired) electrons. The van der Waals surface area contributed by atoms with Crippen molar-refractivity contribution in [1.82, 2.24) is 0 Å². The van der Waals surface area contributed by atoms with E-state index < -0.39 is 0 Å². The molecule has 0 bridgehead atoms. The maximum atomic E-state index is 10.8. The van der Waals surface area contributed by atoms with Gasteiger partial charge < -0.3 is 0 Å². The third-order valence-corrected chi connectivity index (χ3v) is 1.35. The lowest BCUT2D eigenvalue weighted by Crippen LogP contribution is -1.95. The monoisotopic (exact) mass is 144 g/mol. The summed E-state index contributed by atoms with van der Waals surface area (Å²) in [4.78, 5) is 10.8. The zero-order valence-corrected chi connectivity index (χ0v) is 5.87. The number of ketones is 1. The van der Waals surface area contributed by atoms with Crippen LogP contribution in [0.3, 0.4) is 0 Å². The van der Waals surface area contributed by atoms with Gasteiger partial charge in [-0.05, 0) is 6.07 Å². The Morgan fingerprint density at radius 3 is 2.55 bits per heavy atom. The van der Waals surface area contributed by atoms with Crippen molar-refractivity contribution in [1.29, 1.82) is 5.26 Å². The Kier molecular flexibility index (Phi) is 2.03. The van der Waals surface area contributed by atoms with Crippen molar-refractivity contribution < 1.29 is 4.79 Å². The van der Waals surface area contributed by atoms with Crippen molar-refractivity contribution in [2.75, 3.05) is 0 Å². The molecule has 0 amide bonds. The molecule has 0 saturated carbocycles. The van der Waals surface area contributed by atoms with Crippen LogP contribution in [0.2, 0.25) is 0 Å². The van der Waals surface area contributed by atoms with Gasteiger partial charge in [0.25, 0.3) is 0 Å². The van der Waals surface area contributed by atoms with E-state index in [0.717, 1.165) is 0 Å². The fraction of sp³-hybridized carbons (Fsp3) is 0. The second kappa shape index (κ2) is 2.98. The molecular weight excluding hydrogens is 138 g/mol. The zero-order chi connectivity index (χ0) is 8.27. The minimum absolute atomic E-state index is 0.317. The average molecular weight is 144 g/mol. The Hall–Kier alpha value is -1.62. The summed E-state index contributed by atoms with van der Waals surface area (Å²) < 4.78 is 0. The van der Waals surface area contributed by atoms with Crippen LogP contribution in [0.4, 0.5) is 0 Å². The third-order valence-electron chi connectivity index (χ3n) is 1.35. The van der Waals surface area contributed by atoms with Gasteiger partial charge in [0.2, 0.25) is 0 Å². The molecule has 0 aliphatic carbocycles. The molecule has 0 heterocycles. The van der Waals surface area contributed by atoms with Crippen LogP contribution in [0.5, 0.6) is 0 Å². The van der Waals surface area contributed by atoms with Crippen molar-refractivity contribution in [3.05, 3.63) is 42.3 Å². The summed E-state index contributed by atoms with van der Waals surface area (Å²) in [7, 11) is 0. The molecule has 1 aromatic rings. The fourth-order valence-corrected chi connectivity index (χ4v) is 0.824. The van der Waals surface area contributed by atoms with Gasteiger partial charge in [-0.15, -0.1) is 0 Å². The van der Waals surface area contributed by atoms with Crippen molar-refractivity contribution in [3.8, 4) is 6.07 Å². The smallest absolute Gasteiger partial charge is 0.164 e. The standard InChI is InChI=1S/C9H6NO/c1-7(11)9-5-3-2-4-8(9)6-10/h2-5H,1H2. The summed E-state index contributed by atoms with van der Waals surface area (Å²) in [6.45, 7) is 3.23. The predicted octanol–water partition coefficient (Wildman–Crippen LogP) is 1.58. The molecule has 0 aromatic heterocycles. The van der Waals surface area contributed by atoms with Crippen molar-refractivity contribution >= 4 is 5.78 Å². The highest BCUT2D eigenvalue weighted by Crippen LogP contribution is 2.06. The summed E-state index contributed by atoms with van der Waals surface area (Å²) in [6, 6.07) is 8.52. The van der Waals surface area contributed by atoms with Crippen LogP contribution in [0.1, 0.15) is 15.9 Å². The number of nitriles is 1. The maximum absolute atomic E-state index is 10.8. The Bertz CT molecular complexity index is 323. The molecular formula is C9H6NO. The predicted molar refractivity (Wildman–Crippen MR) is 40.8 cm³/mol. The molecule has 0 unspecified atom stereocenters.